The molecule has 17 heavy (non-hydrogen) atoms. The molecule has 0 radical (unpaired) electrons. The van der Waals surface area contributed by atoms with Crippen LogP contribution in [0.3, 0.4) is 0 Å². The summed E-state index contributed by atoms with van der Waals surface area (Å²) in [7, 11) is 0. The molecule has 1 atom stereocenters. The molecular formula is C11H17N3O2S. The van der Waals surface area contributed by atoms with Crippen molar-refractivity contribution in [2.75, 3.05) is 5.75 Å². The monoisotopic (exact) mass is 255 g/mol. The Morgan fingerprint density at radius 3 is 2.82 bits per heavy atom. The number of hydrogen-bond acceptors (Lipinski definition) is 4. The predicted molar refractivity (Wildman–Crippen MR) is 68.0 cm³/mol. The van der Waals surface area contributed by atoms with Crippen molar-refractivity contribution in [1.82, 2.24) is 15.3 Å². The van der Waals surface area contributed by atoms with E-state index in [1.807, 2.05) is 20.8 Å². The second-order valence-electron chi connectivity index (χ2n) is 4.13. The van der Waals surface area contributed by atoms with Crippen molar-refractivity contribution in [2.45, 2.75) is 32.0 Å². The maximum atomic E-state index is 11.6. The van der Waals surface area contributed by atoms with Gasteiger partial charge in [-0.05, 0) is 12.8 Å². The lowest BCUT2D eigenvalue weighted by Crippen LogP contribution is -2.37. The standard InChI is InChI=1S/C11H17N3O2S/c1-7(2)8(3)13-10(16)6-17-11-12-5-4-9(15)14-11/h4-5,7-8H,6H2,1-3H3,(H,13,16)(H,12,14,15)/t8-/m1/s1. The van der Waals surface area contributed by atoms with Gasteiger partial charge in [0, 0.05) is 18.3 Å². The molecule has 0 saturated carbocycles. The number of amides is 1. The molecule has 2 N–H and O–H groups in total. The molecule has 0 bridgehead atoms. The summed E-state index contributed by atoms with van der Waals surface area (Å²) in [6.45, 7) is 6.07. The van der Waals surface area contributed by atoms with Crippen LogP contribution in [-0.2, 0) is 4.79 Å². The highest BCUT2D eigenvalue weighted by Gasteiger charge is 2.11. The Balaban J connectivity index is 2.41. The van der Waals surface area contributed by atoms with E-state index in [0.29, 0.717) is 11.1 Å². The molecule has 0 aliphatic rings. The molecule has 0 aromatic carbocycles. The largest absolute Gasteiger partial charge is 0.353 e. The van der Waals surface area contributed by atoms with Gasteiger partial charge in [-0.25, -0.2) is 4.98 Å². The maximum absolute atomic E-state index is 11.6. The first-order valence-electron chi connectivity index (χ1n) is 5.46. The average molecular weight is 255 g/mol. The lowest BCUT2D eigenvalue weighted by atomic mass is 10.1. The summed E-state index contributed by atoms with van der Waals surface area (Å²) in [4.78, 5) is 29.1. The fourth-order valence-electron chi connectivity index (χ4n) is 1.02. The minimum absolute atomic E-state index is 0.0531. The van der Waals surface area contributed by atoms with Gasteiger partial charge in [-0.1, -0.05) is 25.6 Å². The van der Waals surface area contributed by atoms with Gasteiger partial charge in [0.1, 0.15) is 0 Å². The third-order valence-corrected chi connectivity index (χ3v) is 3.26. The maximum Gasteiger partial charge on any atom is 0.251 e. The van der Waals surface area contributed by atoms with Crippen LogP contribution in [0.4, 0.5) is 0 Å². The van der Waals surface area contributed by atoms with Crippen LogP contribution in [0.1, 0.15) is 20.8 Å². The highest BCUT2D eigenvalue weighted by atomic mass is 32.2. The molecule has 0 spiro atoms. The molecule has 1 aromatic heterocycles. The number of aromatic nitrogens is 2. The molecule has 1 amide bonds. The van der Waals surface area contributed by atoms with Gasteiger partial charge in [-0.2, -0.15) is 0 Å². The molecule has 6 heteroatoms. The van der Waals surface area contributed by atoms with E-state index in [0.717, 1.165) is 0 Å². The molecule has 1 rings (SSSR count). The van der Waals surface area contributed by atoms with Crippen molar-refractivity contribution in [3.8, 4) is 0 Å². The number of H-pyrrole nitrogens is 1. The number of carbonyl (C=O) groups is 1. The lowest BCUT2D eigenvalue weighted by Gasteiger charge is -2.16. The van der Waals surface area contributed by atoms with Crippen LogP contribution >= 0.6 is 11.8 Å². The molecule has 0 aliphatic carbocycles. The van der Waals surface area contributed by atoms with Crippen molar-refractivity contribution in [2.24, 2.45) is 5.92 Å². The van der Waals surface area contributed by atoms with Crippen LogP contribution in [0.15, 0.2) is 22.2 Å². The number of aromatic amines is 1. The third-order valence-electron chi connectivity index (χ3n) is 2.38. The number of carbonyl (C=O) groups excluding carboxylic acids is 1. The first kappa shape index (κ1) is 13.8. The number of hydrogen-bond donors (Lipinski definition) is 2. The topological polar surface area (TPSA) is 74.8 Å². The zero-order chi connectivity index (χ0) is 12.8. The van der Waals surface area contributed by atoms with E-state index in [1.54, 1.807) is 0 Å². The zero-order valence-electron chi connectivity index (χ0n) is 10.2. The normalized spacial score (nSPS) is 12.5. The molecule has 0 fully saturated rings. The molecule has 1 heterocycles. The van der Waals surface area contributed by atoms with E-state index in [9.17, 15) is 9.59 Å². The van der Waals surface area contributed by atoms with Crippen molar-refractivity contribution >= 4 is 17.7 Å². The molecule has 0 aliphatic heterocycles. The molecule has 0 unspecified atom stereocenters. The Kier molecular flexibility index (Phi) is 5.21. The highest BCUT2D eigenvalue weighted by Crippen LogP contribution is 2.09. The Bertz CT molecular complexity index is 431. The van der Waals surface area contributed by atoms with Crippen LogP contribution in [-0.4, -0.2) is 27.7 Å². The number of nitrogens with zero attached hydrogens (tertiary/aromatic N) is 1. The van der Waals surface area contributed by atoms with E-state index in [2.05, 4.69) is 15.3 Å². The van der Waals surface area contributed by atoms with Crippen LogP contribution in [0.2, 0.25) is 0 Å². The minimum Gasteiger partial charge on any atom is -0.353 e. The molecule has 1 aromatic rings. The van der Waals surface area contributed by atoms with Gasteiger partial charge >= 0.3 is 0 Å². The Morgan fingerprint density at radius 1 is 1.53 bits per heavy atom. The summed E-state index contributed by atoms with van der Waals surface area (Å²) in [5.41, 5.74) is -0.210. The fraction of sp³-hybridized carbons (Fsp3) is 0.545. The first-order chi connectivity index (χ1) is 7.99. The molecule has 0 saturated heterocycles. The molecular weight excluding hydrogens is 238 g/mol. The van der Waals surface area contributed by atoms with Gasteiger partial charge in [-0.3, -0.25) is 9.59 Å². The van der Waals surface area contributed by atoms with E-state index in [4.69, 9.17) is 0 Å². The van der Waals surface area contributed by atoms with Crippen LogP contribution in [0, 0.1) is 5.92 Å². The van der Waals surface area contributed by atoms with Gasteiger partial charge in [0.05, 0.1) is 5.75 Å². The van der Waals surface area contributed by atoms with E-state index in [-0.39, 0.29) is 23.3 Å². The Morgan fingerprint density at radius 2 is 2.24 bits per heavy atom. The van der Waals surface area contributed by atoms with E-state index < -0.39 is 0 Å². The third kappa shape index (κ3) is 5.04. The smallest absolute Gasteiger partial charge is 0.251 e. The summed E-state index contributed by atoms with van der Waals surface area (Å²) in [6.07, 6.45) is 1.43. The quantitative estimate of drug-likeness (QED) is 0.608. The molecule has 94 valence electrons. The first-order valence-corrected chi connectivity index (χ1v) is 6.45. The van der Waals surface area contributed by atoms with Crippen molar-refractivity contribution in [3.63, 3.8) is 0 Å². The lowest BCUT2D eigenvalue weighted by molar-refractivity contribution is -0.119. The van der Waals surface area contributed by atoms with Crippen LogP contribution in [0.5, 0.6) is 0 Å². The van der Waals surface area contributed by atoms with Crippen molar-refractivity contribution < 1.29 is 4.79 Å². The second-order valence-corrected chi connectivity index (χ2v) is 5.09. The van der Waals surface area contributed by atoms with Crippen molar-refractivity contribution in [3.05, 3.63) is 22.6 Å². The van der Waals surface area contributed by atoms with Gasteiger partial charge < -0.3 is 10.3 Å². The number of rotatable bonds is 5. The van der Waals surface area contributed by atoms with Gasteiger partial charge in [0.2, 0.25) is 5.91 Å². The van der Waals surface area contributed by atoms with Crippen LogP contribution < -0.4 is 10.9 Å². The van der Waals surface area contributed by atoms with E-state index >= 15 is 0 Å². The Labute approximate surface area is 104 Å². The van der Waals surface area contributed by atoms with E-state index in [1.165, 1.54) is 24.0 Å². The van der Waals surface area contributed by atoms with Crippen LogP contribution in [0.25, 0.3) is 0 Å². The zero-order valence-corrected chi connectivity index (χ0v) is 11.0. The SMILES string of the molecule is CC(C)[C@@H](C)NC(=O)CSc1nccc(=O)[nH]1. The second kappa shape index (κ2) is 6.44. The average Bonchev–Trinajstić information content (AvgIpc) is 2.26. The minimum atomic E-state index is -0.210. The summed E-state index contributed by atoms with van der Waals surface area (Å²) in [5.74, 6) is 0.602. The summed E-state index contributed by atoms with van der Waals surface area (Å²) < 4.78 is 0. The van der Waals surface area contributed by atoms with Gasteiger partial charge in [0.25, 0.3) is 5.56 Å². The highest BCUT2D eigenvalue weighted by molar-refractivity contribution is 7.99. The summed E-state index contributed by atoms with van der Waals surface area (Å²) >= 11 is 1.22. The van der Waals surface area contributed by atoms with Gasteiger partial charge in [0.15, 0.2) is 5.16 Å². The fourth-order valence-corrected chi connectivity index (χ4v) is 1.68. The predicted octanol–water partition coefficient (Wildman–Crippen LogP) is 1.02. The Hall–Kier alpha value is -1.30. The summed E-state index contributed by atoms with van der Waals surface area (Å²) in [6, 6.07) is 1.48. The van der Waals surface area contributed by atoms with Crippen molar-refractivity contribution in [1.29, 1.82) is 0 Å². The number of thioether (sulfide) groups is 1. The number of nitrogens with one attached hydrogen (secondary N) is 2. The van der Waals surface area contributed by atoms with Gasteiger partial charge in [-0.15, -0.1) is 0 Å². The molecule has 5 nitrogen and oxygen atoms in total. The summed E-state index contributed by atoms with van der Waals surface area (Å²) in [5, 5.41) is 3.35.